The summed E-state index contributed by atoms with van der Waals surface area (Å²) in [6, 6.07) is 11.1. The van der Waals surface area contributed by atoms with E-state index >= 15 is 0 Å². The molecule has 2 aromatic carbocycles. The first-order chi connectivity index (χ1) is 14.5. The van der Waals surface area contributed by atoms with E-state index in [1.807, 2.05) is 0 Å². The van der Waals surface area contributed by atoms with E-state index in [0.717, 1.165) is 0 Å². The van der Waals surface area contributed by atoms with Crippen molar-refractivity contribution in [1.29, 1.82) is 0 Å². The van der Waals surface area contributed by atoms with Crippen molar-refractivity contribution in [3.05, 3.63) is 75.3 Å². The quantitative estimate of drug-likeness (QED) is 0.426. The van der Waals surface area contributed by atoms with Crippen molar-refractivity contribution in [3.63, 3.8) is 0 Å². The highest BCUT2D eigenvalue weighted by molar-refractivity contribution is 7.98. The summed E-state index contributed by atoms with van der Waals surface area (Å²) >= 11 is 1.17. The van der Waals surface area contributed by atoms with Gasteiger partial charge in [-0.3, -0.25) is 9.59 Å². The Labute approximate surface area is 175 Å². The molecule has 1 atom stereocenters. The Bertz CT molecular complexity index is 1180. The molecule has 1 amide bonds. The number of benzene rings is 2. The highest BCUT2D eigenvalue weighted by Crippen LogP contribution is 2.38. The van der Waals surface area contributed by atoms with Gasteiger partial charge in [0, 0.05) is 18.1 Å². The molecule has 0 fully saturated rings. The van der Waals surface area contributed by atoms with E-state index in [9.17, 15) is 19.1 Å². The lowest BCUT2D eigenvalue weighted by atomic mass is 9.86. The Morgan fingerprint density at radius 1 is 1.27 bits per heavy atom. The number of ether oxygens (including phenoxy) is 1. The van der Waals surface area contributed by atoms with Crippen molar-refractivity contribution in [1.82, 2.24) is 9.97 Å². The fourth-order valence-corrected chi connectivity index (χ4v) is 4.24. The molecule has 0 spiro atoms. The Morgan fingerprint density at radius 2 is 2.07 bits per heavy atom. The normalized spacial score (nSPS) is 15.4. The van der Waals surface area contributed by atoms with Crippen LogP contribution in [0.2, 0.25) is 0 Å². The van der Waals surface area contributed by atoms with Gasteiger partial charge < -0.3 is 20.1 Å². The average Bonchev–Trinajstić information content (AvgIpc) is 2.72. The molecule has 0 bridgehead atoms. The number of carbonyl (C=O) groups excluding carboxylic acids is 1. The lowest BCUT2D eigenvalue weighted by Crippen LogP contribution is -2.31. The molecule has 2 heterocycles. The van der Waals surface area contributed by atoms with Gasteiger partial charge >= 0.3 is 0 Å². The fourth-order valence-electron chi connectivity index (χ4n) is 3.39. The molecule has 0 aliphatic carbocycles. The molecule has 9 heteroatoms. The van der Waals surface area contributed by atoms with Gasteiger partial charge in [-0.25, -0.2) is 9.37 Å². The van der Waals surface area contributed by atoms with Crippen molar-refractivity contribution in [3.8, 4) is 11.5 Å². The molecule has 0 saturated carbocycles. The number of hydrogen-bond donors (Lipinski definition) is 3. The summed E-state index contributed by atoms with van der Waals surface area (Å²) in [6.07, 6.45) is 0.0469. The van der Waals surface area contributed by atoms with Gasteiger partial charge in [-0.2, -0.15) is 0 Å². The molecule has 30 heavy (non-hydrogen) atoms. The van der Waals surface area contributed by atoms with Crippen LogP contribution in [-0.4, -0.2) is 28.1 Å². The van der Waals surface area contributed by atoms with E-state index in [2.05, 4.69) is 15.3 Å². The van der Waals surface area contributed by atoms with Gasteiger partial charge in [0.1, 0.15) is 11.6 Å². The highest BCUT2D eigenvalue weighted by Gasteiger charge is 2.31. The first kappa shape index (κ1) is 20.0. The fraction of sp³-hybridized carbons (Fsp3) is 0.190. The number of halogens is 1. The number of H-pyrrole nitrogens is 1. The second kappa shape index (κ2) is 8.19. The molecule has 4 rings (SSSR count). The van der Waals surface area contributed by atoms with Crippen LogP contribution in [0.25, 0.3) is 0 Å². The van der Waals surface area contributed by atoms with Gasteiger partial charge in [0.2, 0.25) is 5.91 Å². The second-order valence-electron chi connectivity index (χ2n) is 6.75. The Hall–Kier alpha value is -3.33. The number of anilines is 1. The van der Waals surface area contributed by atoms with E-state index in [4.69, 9.17) is 4.74 Å². The highest BCUT2D eigenvalue weighted by atomic mass is 32.2. The van der Waals surface area contributed by atoms with Crippen LogP contribution < -0.4 is 15.6 Å². The lowest BCUT2D eigenvalue weighted by molar-refractivity contribution is -0.116. The van der Waals surface area contributed by atoms with Crippen LogP contribution in [0.1, 0.15) is 29.0 Å². The molecule has 1 aliphatic heterocycles. The number of phenols is 1. The van der Waals surface area contributed by atoms with Gasteiger partial charge in [0.25, 0.3) is 5.56 Å². The smallest absolute Gasteiger partial charge is 0.257 e. The van der Waals surface area contributed by atoms with Crippen molar-refractivity contribution < 1.29 is 19.0 Å². The van der Waals surface area contributed by atoms with E-state index in [0.29, 0.717) is 22.4 Å². The Morgan fingerprint density at radius 3 is 2.80 bits per heavy atom. The molecule has 7 nitrogen and oxygen atoms in total. The minimum Gasteiger partial charge on any atom is -0.504 e. The van der Waals surface area contributed by atoms with Gasteiger partial charge in [-0.15, -0.1) is 0 Å². The number of aromatic hydroxyl groups is 1. The number of fused-ring (bicyclic) bond motifs is 1. The van der Waals surface area contributed by atoms with Crippen molar-refractivity contribution in [2.24, 2.45) is 0 Å². The minimum absolute atomic E-state index is 0.0469. The molecule has 0 unspecified atom stereocenters. The summed E-state index contributed by atoms with van der Waals surface area (Å²) in [7, 11) is 1.44. The van der Waals surface area contributed by atoms with Crippen LogP contribution in [0.15, 0.2) is 52.4 Å². The van der Waals surface area contributed by atoms with Crippen molar-refractivity contribution in [2.75, 3.05) is 12.4 Å². The van der Waals surface area contributed by atoms with Crippen LogP contribution in [0, 0.1) is 5.82 Å². The number of thioether (sulfide) groups is 1. The van der Waals surface area contributed by atoms with E-state index in [1.54, 1.807) is 30.3 Å². The minimum atomic E-state index is -0.563. The molecular formula is C21H18FN3O4S. The topological polar surface area (TPSA) is 104 Å². The number of methoxy groups -OCH3 is 1. The van der Waals surface area contributed by atoms with E-state index in [-0.39, 0.29) is 40.6 Å². The average molecular weight is 427 g/mol. The zero-order valence-electron chi connectivity index (χ0n) is 15.9. The molecule has 0 radical (unpaired) electrons. The lowest BCUT2D eigenvalue weighted by Gasteiger charge is -2.24. The molecular weight excluding hydrogens is 409 g/mol. The summed E-state index contributed by atoms with van der Waals surface area (Å²) in [5.74, 6) is -0.518. The largest absolute Gasteiger partial charge is 0.504 e. The summed E-state index contributed by atoms with van der Waals surface area (Å²) in [4.78, 5) is 32.2. The van der Waals surface area contributed by atoms with Gasteiger partial charge in [-0.1, -0.05) is 36.0 Å². The number of nitrogens with zero attached hydrogens (tertiary/aromatic N) is 1. The van der Waals surface area contributed by atoms with Crippen LogP contribution in [-0.2, 0) is 10.5 Å². The van der Waals surface area contributed by atoms with Crippen LogP contribution in [0.4, 0.5) is 10.2 Å². The monoisotopic (exact) mass is 427 g/mol. The third kappa shape index (κ3) is 3.88. The first-order valence-corrected chi connectivity index (χ1v) is 10.1. The maximum absolute atomic E-state index is 13.8. The van der Waals surface area contributed by atoms with Crippen LogP contribution >= 0.6 is 11.8 Å². The zero-order valence-corrected chi connectivity index (χ0v) is 16.8. The SMILES string of the molecule is COc1ccc([C@@H]2CC(=O)Nc3nc(SCc4ccccc4F)[nH]c(=O)c32)cc1O. The molecule has 154 valence electrons. The molecule has 3 N–H and O–H groups in total. The number of nitrogens with one attached hydrogen (secondary N) is 2. The Balaban J connectivity index is 1.67. The maximum atomic E-state index is 13.8. The number of rotatable bonds is 5. The maximum Gasteiger partial charge on any atom is 0.257 e. The van der Waals surface area contributed by atoms with Crippen molar-refractivity contribution in [2.45, 2.75) is 23.2 Å². The predicted octanol–water partition coefficient (Wildman–Crippen LogP) is 3.39. The van der Waals surface area contributed by atoms with Gasteiger partial charge in [-0.05, 0) is 29.3 Å². The third-order valence-corrected chi connectivity index (χ3v) is 5.78. The molecule has 3 aromatic rings. The van der Waals surface area contributed by atoms with E-state index < -0.39 is 11.5 Å². The molecule has 0 saturated heterocycles. The predicted molar refractivity (Wildman–Crippen MR) is 111 cm³/mol. The summed E-state index contributed by atoms with van der Waals surface area (Å²) in [6.45, 7) is 0. The van der Waals surface area contributed by atoms with Crippen LogP contribution in [0.5, 0.6) is 11.5 Å². The van der Waals surface area contributed by atoms with Gasteiger partial charge in [0.15, 0.2) is 16.7 Å². The number of aromatic nitrogens is 2. The van der Waals surface area contributed by atoms with Crippen molar-refractivity contribution >= 4 is 23.5 Å². The summed E-state index contributed by atoms with van der Waals surface area (Å²) < 4.78 is 18.9. The molecule has 1 aromatic heterocycles. The van der Waals surface area contributed by atoms with Crippen LogP contribution in [0.3, 0.4) is 0 Å². The number of carbonyl (C=O) groups is 1. The molecule has 1 aliphatic rings. The zero-order chi connectivity index (χ0) is 21.3. The number of phenolic OH excluding ortho intramolecular Hbond substituents is 1. The second-order valence-corrected chi connectivity index (χ2v) is 7.71. The van der Waals surface area contributed by atoms with Gasteiger partial charge in [0.05, 0.1) is 12.7 Å². The standard InChI is InChI=1S/C21H18FN3O4S/c1-29-16-7-6-11(8-15(16)26)13-9-17(27)23-19-18(13)20(28)25-21(24-19)30-10-12-4-2-3-5-14(12)22/h2-8,13,26H,9-10H2,1H3,(H2,23,24,25,27,28)/t13-/m0/s1. The first-order valence-electron chi connectivity index (χ1n) is 9.13. The van der Waals surface area contributed by atoms with E-state index in [1.165, 1.54) is 31.0 Å². The number of aromatic amines is 1. The summed E-state index contributed by atoms with van der Waals surface area (Å²) in [5, 5.41) is 13.0. The number of hydrogen-bond acceptors (Lipinski definition) is 6. The number of amides is 1. The Kier molecular flexibility index (Phi) is 5.45. The third-order valence-electron chi connectivity index (χ3n) is 4.86. The summed E-state index contributed by atoms with van der Waals surface area (Å²) in [5.41, 5.74) is 1.01.